The Morgan fingerprint density at radius 2 is 1.50 bits per heavy atom. The van der Waals surface area contributed by atoms with Gasteiger partial charge in [-0.2, -0.15) is 0 Å². The number of hydrogen-bond donors (Lipinski definition) is 0. The monoisotopic (exact) mass is 240 g/mol. The largest absolute Gasteiger partial charge is 0.0866 e. The van der Waals surface area contributed by atoms with Crippen molar-refractivity contribution in [1.82, 2.24) is 0 Å². The summed E-state index contributed by atoms with van der Waals surface area (Å²) in [5, 5.41) is 1.87. The van der Waals surface area contributed by atoms with Gasteiger partial charge in [0.15, 0.2) is 0 Å². The molecule has 0 aliphatic heterocycles. The third kappa shape index (κ3) is 4.45. The van der Waals surface area contributed by atoms with Gasteiger partial charge in [-0.25, -0.2) is 0 Å². The summed E-state index contributed by atoms with van der Waals surface area (Å²) in [5.41, 5.74) is 0. The summed E-state index contributed by atoms with van der Waals surface area (Å²) < 4.78 is 0. The van der Waals surface area contributed by atoms with Crippen molar-refractivity contribution in [2.75, 3.05) is 0 Å². The molecule has 0 spiro atoms. The highest BCUT2D eigenvalue weighted by Crippen LogP contribution is 2.32. The van der Waals surface area contributed by atoms with Crippen LogP contribution < -0.4 is 0 Å². The molecule has 0 aliphatic rings. The van der Waals surface area contributed by atoms with Gasteiger partial charge in [0.25, 0.3) is 0 Å². The van der Waals surface area contributed by atoms with Crippen LogP contribution in [0.1, 0.15) is 60.8 Å². The van der Waals surface area contributed by atoms with E-state index in [0.717, 1.165) is 5.92 Å². The Bertz CT molecular complexity index is 191. The standard InChI is InChI=1S/C15H32Si/c1-7-11-12-15(13-14(5)6)16(8-2,9-3)10-4/h13-14H,7-12H2,1-6H3/b15-13+. The maximum atomic E-state index is 2.60. The molecule has 0 aromatic rings. The molecule has 0 aromatic carbocycles. The molecular weight excluding hydrogens is 208 g/mol. The number of unbranched alkanes of at least 4 members (excludes halogenated alkanes) is 1. The molecule has 0 bridgehead atoms. The number of rotatable bonds is 8. The van der Waals surface area contributed by atoms with E-state index in [-0.39, 0.29) is 0 Å². The molecule has 0 radical (unpaired) electrons. The summed E-state index contributed by atoms with van der Waals surface area (Å²) in [6.45, 7) is 14.2. The van der Waals surface area contributed by atoms with Gasteiger partial charge < -0.3 is 0 Å². The Kier molecular flexibility index (Phi) is 8.09. The van der Waals surface area contributed by atoms with Gasteiger partial charge in [-0.05, 0) is 12.3 Å². The van der Waals surface area contributed by atoms with E-state index in [1.165, 1.54) is 37.4 Å². The Morgan fingerprint density at radius 3 is 1.81 bits per heavy atom. The molecule has 0 nitrogen and oxygen atoms in total. The Morgan fingerprint density at radius 1 is 1.00 bits per heavy atom. The SMILES string of the molecule is CCCC/C(=C\C(C)C)[Si](CC)(CC)CC. The predicted octanol–water partition coefficient (Wildman–Crippen LogP) is 5.81. The van der Waals surface area contributed by atoms with E-state index < -0.39 is 8.07 Å². The van der Waals surface area contributed by atoms with E-state index in [2.05, 4.69) is 47.6 Å². The highest BCUT2D eigenvalue weighted by Gasteiger charge is 2.30. The molecule has 96 valence electrons. The van der Waals surface area contributed by atoms with Gasteiger partial charge in [-0.1, -0.05) is 83.8 Å². The molecule has 1 heteroatoms. The van der Waals surface area contributed by atoms with Crippen LogP contribution in [0, 0.1) is 5.92 Å². The van der Waals surface area contributed by atoms with Gasteiger partial charge in [0.05, 0.1) is 8.07 Å². The third-order valence-electron chi connectivity index (χ3n) is 4.05. The highest BCUT2D eigenvalue weighted by molar-refractivity contribution is 6.86. The molecule has 0 saturated carbocycles. The lowest BCUT2D eigenvalue weighted by molar-refractivity contribution is 0.772. The smallest absolute Gasteiger partial charge is 0.0803 e. The summed E-state index contributed by atoms with van der Waals surface area (Å²) in [6.07, 6.45) is 6.68. The van der Waals surface area contributed by atoms with Crippen LogP contribution in [0.4, 0.5) is 0 Å². The van der Waals surface area contributed by atoms with E-state index in [1.807, 2.05) is 5.20 Å². The van der Waals surface area contributed by atoms with Crippen LogP contribution >= 0.6 is 0 Å². The van der Waals surface area contributed by atoms with Crippen LogP contribution in [0.5, 0.6) is 0 Å². The van der Waals surface area contributed by atoms with Crippen molar-refractivity contribution in [3.8, 4) is 0 Å². The molecule has 0 aromatic heterocycles. The van der Waals surface area contributed by atoms with Gasteiger partial charge in [0, 0.05) is 0 Å². The van der Waals surface area contributed by atoms with Gasteiger partial charge >= 0.3 is 0 Å². The Hall–Kier alpha value is -0.0431. The zero-order valence-corrected chi connectivity index (χ0v) is 13.4. The summed E-state index contributed by atoms with van der Waals surface area (Å²) >= 11 is 0. The molecule has 0 rings (SSSR count). The molecule has 0 aliphatic carbocycles. The normalized spacial score (nSPS) is 13.6. The average molecular weight is 241 g/mol. The van der Waals surface area contributed by atoms with E-state index in [4.69, 9.17) is 0 Å². The molecule has 0 atom stereocenters. The maximum Gasteiger partial charge on any atom is 0.0803 e. The van der Waals surface area contributed by atoms with Gasteiger partial charge in [-0.3, -0.25) is 0 Å². The minimum atomic E-state index is -1.09. The molecule has 0 heterocycles. The number of hydrogen-bond acceptors (Lipinski definition) is 0. The van der Waals surface area contributed by atoms with Crippen LogP contribution in [-0.4, -0.2) is 8.07 Å². The van der Waals surface area contributed by atoms with E-state index in [9.17, 15) is 0 Å². The molecule has 0 unspecified atom stereocenters. The van der Waals surface area contributed by atoms with Crippen molar-refractivity contribution < 1.29 is 0 Å². The number of allylic oxidation sites excluding steroid dienone is 2. The van der Waals surface area contributed by atoms with Crippen molar-refractivity contribution in [2.45, 2.75) is 78.9 Å². The predicted molar refractivity (Wildman–Crippen MR) is 79.6 cm³/mol. The molecule has 0 saturated heterocycles. The Labute approximate surface area is 105 Å². The minimum Gasteiger partial charge on any atom is -0.0866 e. The first kappa shape index (κ1) is 16.0. The first-order chi connectivity index (χ1) is 7.56. The third-order valence-corrected chi connectivity index (χ3v) is 9.89. The van der Waals surface area contributed by atoms with E-state index in [1.54, 1.807) is 0 Å². The first-order valence-electron chi connectivity index (χ1n) is 7.27. The maximum absolute atomic E-state index is 2.60. The molecular formula is C15H32Si. The van der Waals surface area contributed by atoms with E-state index >= 15 is 0 Å². The van der Waals surface area contributed by atoms with Gasteiger partial charge in [0.2, 0.25) is 0 Å². The topological polar surface area (TPSA) is 0 Å². The van der Waals surface area contributed by atoms with Crippen LogP contribution in [0.15, 0.2) is 11.3 Å². The summed E-state index contributed by atoms with van der Waals surface area (Å²) in [5.74, 6) is 0.725. The lowest BCUT2D eigenvalue weighted by Crippen LogP contribution is -2.35. The summed E-state index contributed by atoms with van der Waals surface area (Å²) in [7, 11) is -1.09. The minimum absolute atomic E-state index is 0.725. The van der Waals surface area contributed by atoms with Crippen molar-refractivity contribution in [1.29, 1.82) is 0 Å². The second kappa shape index (κ2) is 8.11. The molecule has 0 N–H and O–H groups in total. The second-order valence-electron chi connectivity index (χ2n) is 5.38. The van der Waals surface area contributed by atoms with Crippen LogP contribution in [0.2, 0.25) is 18.1 Å². The van der Waals surface area contributed by atoms with Crippen molar-refractivity contribution in [3.05, 3.63) is 11.3 Å². The fourth-order valence-electron chi connectivity index (χ4n) is 2.73. The summed E-state index contributed by atoms with van der Waals surface area (Å²) in [6, 6.07) is 4.30. The van der Waals surface area contributed by atoms with E-state index in [0.29, 0.717) is 0 Å². The van der Waals surface area contributed by atoms with Crippen molar-refractivity contribution >= 4 is 8.07 Å². The summed E-state index contributed by atoms with van der Waals surface area (Å²) in [4.78, 5) is 0. The van der Waals surface area contributed by atoms with Gasteiger partial charge in [0.1, 0.15) is 0 Å². The zero-order chi connectivity index (χ0) is 12.6. The van der Waals surface area contributed by atoms with Crippen molar-refractivity contribution in [3.63, 3.8) is 0 Å². The molecule has 0 amide bonds. The lowest BCUT2D eigenvalue weighted by atomic mass is 10.1. The first-order valence-corrected chi connectivity index (χ1v) is 9.89. The highest BCUT2D eigenvalue weighted by atomic mass is 28.3. The molecule has 0 fully saturated rings. The molecule has 16 heavy (non-hydrogen) atoms. The van der Waals surface area contributed by atoms with Crippen molar-refractivity contribution in [2.24, 2.45) is 5.92 Å². The average Bonchev–Trinajstić information content (AvgIpc) is 2.28. The van der Waals surface area contributed by atoms with Gasteiger partial charge in [-0.15, -0.1) is 0 Å². The Balaban J connectivity index is 4.96. The van der Waals surface area contributed by atoms with Crippen LogP contribution in [0.3, 0.4) is 0 Å². The van der Waals surface area contributed by atoms with Crippen LogP contribution in [0.25, 0.3) is 0 Å². The zero-order valence-electron chi connectivity index (χ0n) is 12.4. The fraction of sp³-hybridized carbons (Fsp3) is 0.867. The quantitative estimate of drug-likeness (QED) is 0.470. The lowest BCUT2D eigenvalue weighted by Gasteiger charge is -2.32. The van der Waals surface area contributed by atoms with Crippen LogP contribution in [-0.2, 0) is 0 Å². The fourth-order valence-corrected chi connectivity index (χ4v) is 6.98. The second-order valence-corrected chi connectivity index (χ2v) is 10.7.